The molecule has 0 unspecified atom stereocenters. The maximum atomic E-state index is 12.2. The lowest BCUT2D eigenvalue weighted by molar-refractivity contribution is -0.113. The summed E-state index contributed by atoms with van der Waals surface area (Å²) < 4.78 is 1.09. The first kappa shape index (κ1) is 16.1. The van der Waals surface area contributed by atoms with Crippen LogP contribution in [0.1, 0.15) is 5.56 Å². The minimum absolute atomic E-state index is 0.00991. The van der Waals surface area contributed by atoms with E-state index in [2.05, 4.69) is 46.7 Å². The van der Waals surface area contributed by atoms with Gasteiger partial charge in [0.15, 0.2) is 5.13 Å². The minimum Gasteiger partial charge on any atom is -0.301 e. The molecule has 0 saturated heterocycles. The number of hydrogen-bond acceptors (Lipinski definition) is 4. The highest BCUT2D eigenvalue weighted by atomic mass is 32.2. The first-order valence-electron chi connectivity index (χ1n) is 7.99. The molecule has 0 radical (unpaired) electrons. The Morgan fingerprint density at radius 3 is 2.68 bits per heavy atom. The quantitative estimate of drug-likeness (QED) is 0.521. The van der Waals surface area contributed by atoms with E-state index in [1.807, 2.05) is 30.3 Å². The zero-order chi connectivity index (χ0) is 17.1. The van der Waals surface area contributed by atoms with Crippen LogP contribution in [0.4, 0.5) is 5.13 Å². The number of thioether (sulfide) groups is 1. The highest BCUT2D eigenvalue weighted by Gasteiger charge is 2.10. The van der Waals surface area contributed by atoms with E-state index in [1.165, 1.54) is 16.9 Å². The van der Waals surface area contributed by atoms with Crippen molar-refractivity contribution in [1.82, 2.24) is 4.98 Å². The highest BCUT2D eigenvalue weighted by Crippen LogP contribution is 2.31. The molecule has 0 saturated carbocycles. The van der Waals surface area contributed by atoms with Crippen molar-refractivity contribution in [2.45, 2.75) is 5.75 Å². The predicted octanol–water partition coefficient (Wildman–Crippen LogP) is 5.32. The normalized spacial score (nSPS) is 11.0. The van der Waals surface area contributed by atoms with Crippen molar-refractivity contribution in [2.24, 2.45) is 0 Å². The largest absolute Gasteiger partial charge is 0.301 e. The molecule has 0 aliphatic rings. The molecule has 1 aromatic heterocycles. The van der Waals surface area contributed by atoms with Gasteiger partial charge in [-0.05, 0) is 17.0 Å². The van der Waals surface area contributed by atoms with Crippen molar-refractivity contribution in [1.29, 1.82) is 0 Å². The third-order valence-electron chi connectivity index (χ3n) is 3.87. The van der Waals surface area contributed by atoms with Crippen LogP contribution in [0.15, 0.2) is 66.7 Å². The van der Waals surface area contributed by atoms with Gasteiger partial charge in [-0.2, -0.15) is 0 Å². The molecule has 0 aliphatic heterocycles. The van der Waals surface area contributed by atoms with E-state index in [9.17, 15) is 4.79 Å². The summed E-state index contributed by atoms with van der Waals surface area (Å²) >= 11 is 3.13. The summed E-state index contributed by atoms with van der Waals surface area (Å²) in [5.74, 6) is 1.24. The molecule has 3 aromatic carbocycles. The molecule has 0 aliphatic carbocycles. The van der Waals surface area contributed by atoms with Crippen molar-refractivity contribution < 1.29 is 4.79 Å². The maximum Gasteiger partial charge on any atom is 0.236 e. The topological polar surface area (TPSA) is 42.0 Å². The maximum absolute atomic E-state index is 12.2. The number of hydrogen-bond donors (Lipinski definition) is 1. The SMILES string of the molecule is O=C(CSCc1ccccc1)Nc1nc2c(ccc3ccccc32)s1. The number of benzene rings is 3. The van der Waals surface area contributed by atoms with E-state index in [0.29, 0.717) is 10.9 Å². The number of thiazole rings is 1. The second-order valence-electron chi connectivity index (χ2n) is 5.68. The van der Waals surface area contributed by atoms with Crippen molar-refractivity contribution >= 4 is 55.1 Å². The Bertz CT molecular complexity index is 1030. The van der Waals surface area contributed by atoms with Crippen LogP contribution >= 0.6 is 23.1 Å². The lowest BCUT2D eigenvalue weighted by Crippen LogP contribution is -2.13. The summed E-state index contributed by atoms with van der Waals surface area (Å²) in [5, 5.41) is 5.88. The molecule has 0 fully saturated rings. The first-order chi connectivity index (χ1) is 12.3. The van der Waals surface area contributed by atoms with Gasteiger partial charge in [0, 0.05) is 11.1 Å². The Morgan fingerprint density at radius 1 is 1.00 bits per heavy atom. The van der Waals surface area contributed by atoms with Crippen LogP contribution in [-0.4, -0.2) is 16.6 Å². The Balaban J connectivity index is 1.43. The van der Waals surface area contributed by atoms with Crippen molar-refractivity contribution in [2.75, 3.05) is 11.1 Å². The smallest absolute Gasteiger partial charge is 0.236 e. The summed E-state index contributed by atoms with van der Waals surface area (Å²) in [5.41, 5.74) is 2.18. The molecular formula is C20H16N2OS2. The number of anilines is 1. The number of carbonyl (C=O) groups excluding carboxylic acids is 1. The second kappa shape index (κ2) is 7.25. The van der Waals surface area contributed by atoms with Gasteiger partial charge >= 0.3 is 0 Å². The number of nitrogens with zero attached hydrogens (tertiary/aromatic N) is 1. The lowest BCUT2D eigenvalue weighted by Gasteiger charge is -2.02. The summed E-state index contributed by atoms with van der Waals surface area (Å²) in [4.78, 5) is 16.8. The summed E-state index contributed by atoms with van der Waals surface area (Å²) in [6.07, 6.45) is 0. The van der Waals surface area contributed by atoms with Gasteiger partial charge in [-0.25, -0.2) is 4.98 Å². The number of fused-ring (bicyclic) bond motifs is 3. The second-order valence-corrected chi connectivity index (χ2v) is 7.70. The van der Waals surface area contributed by atoms with E-state index in [-0.39, 0.29) is 5.91 Å². The van der Waals surface area contributed by atoms with E-state index >= 15 is 0 Å². The number of rotatable bonds is 5. The molecule has 4 rings (SSSR count). The number of aromatic nitrogens is 1. The fourth-order valence-electron chi connectivity index (χ4n) is 2.71. The molecule has 0 bridgehead atoms. The Kier molecular flexibility index (Phi) is 4.68. The molecule has 0 atom stereocenters. The average Bonchev–Trinajstić information content (AvgIpc) is 3.05. The minimum atomic E-state index is -0.00991. The van der Waals surface area contributed by atoms with Crippen LogP contribution in [0.2, 0.25) is 0 Å². The van der Waals surface area contributed by atoms with Gasteiger partial charge in [0.2, 0.25) is 5.91 Å². The molecule has 4 aromatic rings. The zero-order valence-corrected chi connectivity index (χ0v) is 15.1. The standard InChI is InChI=1S/C20H16N2OS2/c23-18(13-24-12-14-6-2-1-3-7-14)21-20-22-19-16-9-5-4-8-15(16)10-11-17(19)25-20/h1-11H,12-13H2,(H,21,22,23). The van der Waals surface area contributed by atoms with Gasteiger partial charge in [0.05, 0.1) is 16.0 Å². The third-order valence-corrected chi connectivity index (χ3v) is 5.81. The van der Waals surface area contributed by atoms with E-state index in [0.717, 1.165) is 26.7 Å². The van der Waals surface area contributed by atoms with Gasteiger partial charge in [-0.3, -0.25) is 4.79 Å². The van der Waals surface area contributed by atoms with E-state index in [4.69, 9.17) is 0 Å². The average molecular weight is 364 g/mol. The summed E-state index contributed by atoms with van der Waals surface area (Å²) in [6.45, 7) is 0. The van der Waals surface area contributed by atoms with Gasteiger partial charge in [0.1, 0.15) is 0 Å². The molecule has 5 heteroatoms. The van der Waals surface area contributed by atoms with Crippen LogP contribution in [0.3, 0.4) is 0 Å². The first-order valence-corrected chi connectivity index (χ1v) is 9.96. The van der Waals surface area contributed by atoms with Crippen LogP contribution in [-0.2, 0) is 10.5 Å². The van der Waals surface area contributed by atoms with Gasteiger partial charge in [0.25, 0.3) is 0 Å². The van der Waals surface area contributed by atoms with Crippen LogP contribution in [0.25, 0.3) is 21.0 Å². The van der Waals surface area contributed by atoms with Crippen molar-refractivity contribution in [3.8, 4) is 0 Å². The Labute approximate surface area is 154 Å². The Hall–Kier alpha value is -2.37. The van der Waals surface area contributed by atoms with E-state index < -0.39 is 0 Å². The molecule has 1 heterocycles. The zero-order valence-electron chi connectivity index (χ0n) is 13.4. The molecule has 124 valence electrons. The number of nitrogens with one attached hydrogen (secondary N) is 1. The fraction of sp³-hybridized carbons (Fsp3) is 0.100. The number of amides is 1. The predicted molar refractivity (Wildman–Crippen MR) is 108 cm³/mol. The highest BCUT2D eigenvalue weighted by molar-refractivity contribution is 7.99. The van der Waals surface area contributed by atoms with Gasteiger partial charge in [-0.1, -0.05) is 72.0 Å². The lowest BCUT2D eigenvalue weighted by atomic mass is 10.1. The molecule has 1 N–H and O–H groups in total. The summed E-state index contributed by atoms with van der Waals surface area (Å²) in [7, 11) is 0. The molecule has 25 heavy (non-hydrogen) atoms. The molecule has 3 nitrogen and oxygen atoms in total. The van der Waals surface area contributed by atoms with E-state index in [1.54, 1.807) is 11.8 Å². The van der Waals surface area contributed by atoms with Crippen molar-refractivity contribution in [3.05, 3.63) is 72.3 Å². The van der Waals surface area contributed by atoms with Crippen molar-refractivity contribution in [3.63, 3.8) is 0 Å². The van der Waals surface area contributed by atoms with Crippen LogP contribution < -0.4 is 5.32 Å². The van der Waals surface area contributed by atoms with Crippen LogP contribution in [0, 0.1) is 0 Å². The summed E-state index contributed by atoms with van der Waals surface area (Å²) in [6, 6.07) is 22.5. The Morgan fingerprint density at radius 2 is 1.80 bits per heavy atom. The fourth-order valence-corrected chi connectivity index (χ4v) is 4.39. The molecule has 0 spiro atoms. The molecular weight excluding hydrogens is 348 g/mol. The van der Waals surface area contributed by atoms with Crippen LogP contribution in [0.5, 0.6) is 0 Å². The monoisotopic (exact) mass is 364 g/mol. The molecule has 1 amide bonds. The third kappa shape index (κ3) is 3.67. The van der Waals surface area contributed by atoms with Gasteiger partial charge in [-0.15, -0.1) is 11.8 Å². The number of carbonyl (C=O) groups is 1. The van der Waals surface area contributed by atoms with Gasteiger partial charge < -0.3 is 5.32 Å².